The molecule has 0 aromatic heterocycles. The number of fused-ring (bicyclic) bond motifs is 2. The minimum absolute atomic E-state index is 0.101. The largest absolute Gasteiger partial charge is 0.484 e. The van der Waals surface area contributed by atoms with Crippen LogP contribution in [0.25, 0.3) is 0 Å². The Kier molecular flexibility index (Phi) is 6.79. The van der Waals surface area contributed by atoms with E-state index in [4.69, 9.17) is 4.74 Å². The summed E-state index contributed by atoms with van der Waals surface area (Å²) in [6.07, 6.45) is 0.651. The summed E-state index contributed by atoms with van der Waals surface area (Å²) in [7, 11) is 1.59. The molecule has 1 spiro atoms. The third-order valence-electron chi connectivity index (χ3n) is 6.86. The molecule has 35 heavy (non-hydrogen) atoms. The van der Waals surface area contributed by atoms with Crippen LogP contribution in [0.1, 0.15) is 32.3 Å². The highest BCUT2D eigenvalue weighted by atomic mass is 16.5. The number of anilines is 1. The molecule has 3 atom stereocenters. The Labute approximate surface area is 205 Å². The average molecular weight is 475 g/mol. The van der Waals surface area contributed by atoms with Crippen LogP contribution in [0, 0.1) is 17.2 Å². The first kappa shape index (κ1) is 24.3. The molecule has 2 aromatic carbocycles. The van der Waals surface area contributed by atoms with Crippen LogP contribution in [0.3, 0.4) is 0 Å². The Morgan fingerprint density at radius 3 is 2.57 bits per heavy atom. The normalized spacial score (nSPS) is 21.4. The van der Waals surface area contributed by atoms with Crippen molar-refractivity contribution in [3.63, 3.8) is 0 Å². The average Bonchev–Trinajstić information content (AvgIpc) is 3.39. The van der Waals surface area contributed by atoms with Gasteiger partial charge in [-0.2, -0.15) is 5.26 Å². The molecule has 8 nitrogen and oxygen atoms in total. The highest BCUT2D eigenvalue weighted by Crippen LogP contribution is 2.46. The number of carbonyl (C=O) groups excluding carboxylic acids is 3. The molecule has 182 valence electrons. The monoisotopic (exact) mass is 474 g/mol. The zero-order valence-corrected chi connectivity index (χ0v) is 20.2. The van der Waals surface area contributed by atoms with Crippen LogP contribution in [0.4, 0.5) is 5.69 Å². The minimum Gasteiger partial charge on any atom is -0.484 e. The van der Waals surface area contributed by atoms with E-state index in [0.717, 1.165) is 5.56 Å². The van der Waals surface area contributed by atoms with E-state index >= 15 is 0 Å². The second kappa shape index (κ2) is 9.79. The molecule has 2 aliphatic heterocycles. The topological polar surface area (TPSA) is 103 Å². The first-order valence-electron chi connectivity index (χ1n) is 11.8. The fourth-order valence-corrected chi connectivity index (χ4v) is 4.99. The number of amides is 3. The fourth-order valence-electron chi connectivity index (χ4n) is 4.99. The van der Waals surface area contributed by atoms with Crippen molar-refractivity contribution in [3.8, 4) is 11.8 Å². The molecule has 1 fully saturated rings. The molecule has 3 amide bonds. The Morgan fingerprint density at radius 1 is 1.20 bits per heavy atom. The van der Waals surface area contributed by atoms with Crippen molar-refractivity contribution in [1.29, 1.82) is 5.26 Å². The van der Waals surface area contributed by atoms with Gasteiger partial charge in [0, 0.05) is 25.7 Å². The number of hydrogen-bond donors (Lipinski definition) is 1. The number of nitriles is 1. The molecular formula is C27H30N4O4. The molecular weight excluding hydrogens is 444 g/mol. The van der Waals surface area contributed by atoms with Gasteiger partial charge in [-0.25, -0.2) is 0 Å². The number of likely N-dealkylation sites (N-methyl/N-ethyl adjacent to an activating group) is 1. The van der Waals surface area contributed by atoms with Gasteiger partial charge in [0.15, 0.2) is 6.61 Å². The Balaban J connectivity index is 1.56. The molecule has 0 radical (unpaired) electrons. The summed E-state index contributed by atoms with van der Waals surface area (Å²) in [5.74, 6) is -0.163. The Hall–Kier alpha value is -3.86. The molecule has 1 saturated heterocycles. The van der Waals surface area contributed by atoms with Crippen molar-refractivity contribution in [1.82, 2.24) is 9.80 Å². The predicted octanol–water partition coefficient (Wildman–Crippen LogP) is 2.95. The van der Waals surface area contributed by atoms with Crippen molar-refractivity contribution >= 4 is 23.4 Å². The first-order valence-corrected chi connectivity index (χ1v) is 11.8. The maximum absolute atomic E-state index is 13.8. The van der Waals surface area contributed by atoms with Gasteiger partial charge in [-0.1, -0.05) is 50.2 Å². The van der Waals surface area contributed by atoms with E-state index in [1.165, 1.54) is 9.80 Å². The van der Waals surface area contributed by atoms with Crippen molar-refractivity contribution in [2.24, 2.45) is 5.92 Å². The van der Waals surface area contributed by atoms with Gasteiger partial charge >= 0.3 is 0 Å². The van der Waals surface area contributed by atoms with Gasteiger partial charge in [0.25, 0.3) is 5.91 Å². The number of nitrogens with one attached hydrogen (secondary N) is 1. The molecule has 0 unspecified atom stereocenters. The second-order valence-corrected chi connectivity index (χ2v) is 9.65. The maximum atomic E-state index is 13.8. The van der Waals surface area contributed by atoms with Crippen molar-refractivity contribution in [2.75, 3.05) is 25.5 Å². The number of carbonyl (C=O) groups is 3. The van der Waals surface area contributed by atoms with Crippen molar-refractivity contribution in [2.45, 2.75) is 44.2 Å². The minimum atomic E-state index is -0.964. The molecule has 2 heterocycles. The van der Waals surface area contributed by atoms with Crippen molar-refractivity contribution < 1.29 is 19.1 Å². The molecule has 1 N–H and O–H groups in total. The van der Waals surface area contributed by atoms with Crippen LogP contribution in [0.5, 0.6) is 5.75 Å². The third-order valence-corrected chi connectivity index (χ3v) is 6.86. The highest BCUT2D eigenvalue weighted by Gasteiger charge is 2.56. The predicted molar refractivity (Wildman–Crippen MR) is 130 cm³/mol. The first-order chi connectivity index (χ1) is 16.8. The van der Waals surface area contributed by atoms with Gasteiger partial charge in [0.2, 0.25) is 11.8 Å². The van der Waals surface area contributed by atoms with E-state index in [1.807, 2.05) is 56.3 Å². The van der Waals surface area contributed by atoms with Gasteiger partial charge in [-0.3, -0.25) is 14.4 Å². The van der Waals surface area contributed by atoms with E-state index < -0.39 is 17.5 Å². The summed E-state index contributed by atoms with van der Waals surface area (Å²) in [5, 5.41) is 12.8. The summed E-state index contributed by atoms with van der Waals surface area (Å²) in [6, 6.07) is 17.1. The van der Waals surface area contributed by atoms with E-state index in [-0.39, 0.29) is 43.2 Å². The molecule has 0 bridgehead atoms. The van der Waals surface area contributed by atoms with E-state index in [0.29, 0.717) is 17.9 Å². The summed E-state index contributed by atoms with van der Waals surface area (Å²) >= 11 is 0. The summed E-state index contributed by atoms with van der Waals surface area (Å²) in [6.45, 7) is 3.85. The van der Waals surface area contributed by atoms with Crippen LogP contribution in [0.15, 0.2) is 54.6 Å². The van der Waals surface area contributed by atoms with Gasteiger partial charge < -0.3 is 19.9 Å². The summed E-state index contributed by atoms with van der Waals surface area (Å²) in [4.78, 5) is 42.8. The van der Waals surface area contributed by atoms with Gasteiger partial charge in [0.1, 0.15) is 17.8 Å². The summed E-state index contributed by atoms with van der Waals surface area (Å²) < 4.78 is 5.60. The second-order valence-electron chi connectivity index (χ2n) is 9.65. The lowest BCUT2D eigenvalue weighted by Gasteiger charge is -2.33. The van der Waals surface area contributed by atoms with E-state index in [2.05, 4.69) is 11.4 Å². The Bertz CT molecular complexity index is 1160. The third kappa shape index (κ3) is 4.59. The number of rotatable bonds is 7. The lowest BCUT2D eigenvalue weighted by atomic mass is 9.80. The SMILES string of the molecule is CC(C)C[C@@H](C(=O)N1C[C@]2(C[C@H]1C#N)C(=O)Nc1ccccc12)N(C)C(=O)COc1ccccc1. The van der Waals surface area contributed by atoms with Gasteiger partial charge in [0.05, 0.1) is 11.5 Å². The van der Waals surface area contributed by atoms with Crippen LogP contribution in [-0.4, -0.2) is 59.8 Å². The zero-order valence-electron chi connectivity index (χ0n) is 20.2. The molecule has 2 aromatic rings. The van der Waals surface area contributed by atoms with Crippen molar-refractivity contribution in [3.05, 3.63) is 60.2 Å². The number of benzene rings is 2. The lowest BCUT2D eigenvalue weighted by Crippen LogP contribution is -2.52. The number of likely N-dealkylation sites (tertiary alicyclic amines) is 1. The molecule has 8 heteroatoms. The molecule has 2 aliphatic rings. The van der Waals surface area contributed by atoms with Crippen LogP contribution in [0.2, 0.25) is 0 Å². The number of ether oxygens (including phenoxy) is 1. The Morgan fingerprint density at radius 2 is 1.89 bits per heavy atom. The van der Waals surface area contributed by atoms with Crippen LogP contribution in [-0.2, 0) is 19.8 Å². The quantitative estimate of drug-likeness (QED) is 0.665. The lowest BCUT2D eigenvalue weighted by molar-refractivity contribution is -0.146. The molecule has 4 rings (SSSR count). The van der Waals surface area contributed by atoms with E-state index in [1.54, 1.807) is 19.2 Å². The van der Waals surface area contributed by atoms with Gasteiger partial charge in [-0.05, 0) is 36.1 Å². The number of para-hydroxylation sites is 2. The number of nitrogens with zero attached hydrogens (tertiary/aromatic N) is 3. The smallest absolute Gasteiger partial charge is 0.260 e. The van der Waals surface area contributed by atoms with Crippen LogP contribution >= 0.6 is 0 Å². The molecule has 0 aliphatic carbocycles. The van der Waals surface area contributed by atoms with Gasteiger partial charge in [-0.15, -0.1) is 0 Å². The van der Waals surface area contributed by atoms with Crippen LogP contribution < -0.4 is 10.1 Å². The highest BCUT2D eigenvalue weighted by molar-refractivity contribution is 6.07. The fraction of sp³-hybridized carbons (Fsp3) is 0.407. The summed E-state index contributed by atoms with van der Waals surface area (Å²) in [5.41, 5.74) is 0.558. The standard InChI is InChI=1S/C27H30N4O4/c1-18(2)13-23(30(3)24(32)16-35-20-9-5-4-6-10-20)25(33)31-17-27(14-19(31)15-28)21-11-7-8-12-22(21)29-26(27)34/h4-12,18-19,23H,13-14,16-17H2,1-3H3,(H,29,34)/t19-,23-,27-/m0/s1. The zero-order chi connectivity index (χ0) is 25.2. The number of hydrogen-bond acceptors (Lipinski definition) is 5. The van der Waals surface area contributed by atoms with E-state index in [9.17, 15) is 19.6 Å². The maximum Gasteiger partial charge on any atom is 0.260 e. The molecule has 0 saturated carbocycles.